The highest BCUT2D eigenvalue weighted by molar-refractivity contribution is 5.85. The Morgan fingerprint density at radius 1 is 1.47 bits per heavy atom. The molecule has 0 aromatic heterocycles. The monoisotopic (exact) mass is 241 g/mol. The van der Waals surface area contributed by atoms with E-state index in [1.807, 2.05) is 6.07 Å². The van der Waals surface area contributed by atoms with Crippen molar-refractivity contribution in [2.24, 2.45) is 0 Å². The van der Waals surface area contributed by atoms with Crippen molar-refractivity contribution in [2.45, 2.75) is 45.7 Å². The number of carbonyl (C=O) groups is 2. The third-order valence-corrected chi connectivity index (χ3v) is 2.30. The zero-order chi connectivity index (χ0) is 13.6. The van der Waals surface area contributed by atoms with Gasteiger partial charge in [0.15, 0.2) is 0 Å². The lowest BCUT2D eigenvalue weighted by Gasteiger charge is -2.35. The molecule has 6 nitrogen and oxygen atoms in total. The molecule has 0 heterocycles. The van der Waals surface area contributed by atoms with Crippen LogP contribution < -0.4 is 5.32 Å². The van der Waals surface area contributed by atoms with Crippen LogP contribution in [0.2, 0.25) is 0 Å². The van der Waals surface area contributed by atoms with Crippen LogP contribution in [0.5, 0.6) is 0 Å². The molecule has 0 saturated heterocycles. The summed E-state index contributed by atoms with van der Waals surface area (Å²) >= 11 is 0. The Bertz CT molecular complexity index is 331. The van der Waals surface area contributed by atoms with Gasteiger partial charge in [-0.1, -0.05) is 0 Å². The van der Waals surface area contributed by atoms with Gasteiger partial charge >= 0.3 is 12.0 Å². The zero-order valence-corrected chi connectivity index (χ0v) is 10.6. The highest BCUT2D eigenvalue weighted by Crippen LogP contribution is 2.15. The molecule has 0 fully saturated rings. The predicted molar refractivity (Wildman–Crippen MR) is 62.3 cm³/mol. The Labute approximate surface area is 101 Å². The number of nitrogens with zero attached hydrogens (tertiary/aromatic N) is 2. The van der Waals surface area contributed by atoms with Crippen molar-refractivity contribution >= 4 is 12.0 Å². The minimum atomic E-state index is -1.34. The summed E-state index contributed by atoms with van der Waals surface area (Å²) in [4.78, 5) is 24.1. The van der Waals surface area contributed by atoms with Crippen molar-refractivity contribution in [1.82, 2.24) is 10.2 Å². The van der Waals surface area contributed by atoms with Crippen LogP contribution in [0, 0.1) is 11.3 Å². The maximum absolute atomic E-state index is 11.9. The third-order valence-electron chi connectivity index (χ3n) is 2.30. The van der Waals surface area contributed by atoms with E-state index in [0.29, 0.717) is 0 Å². The molecule has 0 aromatic carbocycles. The van der Waals surface area contributed by atoms with E-state index in [0.717, 1.165) is 0 Å². The maximum Gasteiger partial charge on any atom is 0.329 e. The largest absolute Gasteiger partial charge is 0.480 e. The Morgan fingerprint density at radius 2 is 2.00 bits per heavy atom. The number of carboxylic acids is 1. The molecule has 0 rings (SSSR count). The molecule has 0 aliphatic rings. The van der Waals surface area contributed by atoms with Gasteiger partial charge < -0.3 is 15.3 Å². The van der Waals surface area contributed by atoms with E-state index in [-0.39, 0.29) is 19.0 Å². The van der Waals surface area contributed by atoms with Crippen LogP contribution in [-0.4, -0.2) is 40.1 Å². The Hall–Kier alpha value is -1.77. The van der Waals surface area contributed by atoms with E-state index in [9.17, 15) is 9.59 Å². The summed E-state index contributed by atoms with van der Waals surface area (Å²) < 4.78 is 0. The van der Waals surface area contributed by atoms with Crippen LogP contribution in [0.15, 0.2) is 0 Å². The summed E-state index contributed by atoms with van der Waals surface area (Å²) in [6.07, 6.45) is 0.0994. The number of hydrogen-bond donors (Lipinski definition) is 2. The van der Waals surface area contributed by atoms with Gasteiger partial charge in [0.1, 0.15) is 5.54 Å². The third kappa shape index (κ3) is 4.31. The molecule has 0 bridgehead atoms. The fraction of sp³-hybridized carbons (Fsp3) is 0.727. The lowest BCUT2D eigenvalue weighted by Crippen LogP contribution is -2.57. The van der Waals surface area contributed by atoms with Crippen molar-refractivity contribution in [2.75, 3.05) is 6.54 Å². The Morgan fingerprint density at radius 3 is 2.35 bits per heavy atom. The van der Waals surface area contributed by atoms with Crippen molar-refractivity contribution in [3.05, 3.63) is 0 Å². The lowest BCUT2D eigenvalue weighted by atomic mass is 10.0. The number of aliphatic carboxylic acids is 1. The summed E-state index contributed by atoms with van der Waals surface area (Å²) in [6.45, 7) is 6.54. The van der Waals surface area contributed by atoms with Crippen LogP contribution >= 0.6 is 0 Å². The average molecular weight is 241 g/mol. The molecule has 0 spiro atoms. The van der Waals surface area contributed by atoms with Crippen LogP contribution in [0.25, 0.3) is 0 Å². The molecule has 0 aliphatic heterocycles. The van der Waals surface area contributed by atoms with Gasteiger partial charge in [-0.3, -0.25) is 0 Å². The first-order valence-electron chi connectivity index (χ1n) is 5.42. The summed E-state index contributed by atoms with van der Waals surface area (Å²) in [6, 6.07) is 1.35. The molecule has 96 valence electrons. The van der Waals surface area contributed by atoms with Gasteiger partial charge in [-0.15, -0.1) is 0 Å². The van der Waals surface area contributed by atoms with Crippen LogP contribution in [0.3, 0.4) is 0 Å². The summed E-state index contributed by atoms with van der Waals surface area (Å²) in [5.41, 5.74) is -1.34. The molecule has 17 heavy (non-hydrogen) atoms. The fourth-order valence-electron chi connectivity index (χ4n) is 1.24. The molecule has 0 aromatic rings. The Kier molecular flexibility index (Phi) is 5.45. The number of nitrogens with one attached hydrogen (secondary N) is 1. The van der Waals surface area contributed by atoms with E-state index < -0.39 is 17.5 Å². The first-order valence-corrected chi connectivity index (χ1v) is 5.42. The van der Waals surface area contributed by atoms with E-state index in [4.69, 9.17) is 10.4 Å². The average Bonchev–Trinajstić information content (AvgIpc) is 2.16. The molecule has 0 atom stereocenters. The number of urea groups is 1. The van der Waals surface area contributed by atoms with Crippen molar-refractivity contribution in [3.63, 3.8) is 0 Å². The molecule has 0 saturated carbocycles. The second-order valence-corrected chi connectivity index (χ2v) is 4.53. The maximum atomic E-state index is 11.9. The summed E-state index contributed by atoms with van der Waals surface area (Å²) in [5.74, 6) is -1.10. The van der Waals surface area contributed by atoms with Gasteiger partial charge in [0.05, 0.1) is 12.5 Å². The SMILES string of the molecule is CC(C)NC(=O)N(CCC#N)C(C)(C)C(=O)O. The number of amides is 2. The molecule has 0 aliphatic carbocycles. The van der Waals surface area contributed by atoms with Crippen molar-refractivity contribution in [3.8, 4) is 6.07 Å². The highest BCUT2D eigenvalue weighted by Gasteiger charge is 2.37. The van der Waals surface area contributed by atoms with Crippen LogP contribution in [-0.2, 0) is 4.79 Å². The first kappa shape index (κ1) is 15.2. The summed E-state index contributed by atoms with van der Waals surface area (Å²) in [5, 5.41) is 20.2. The van der Waals surface area contributed by atoms with E-state index in [1.165, 1.54) is 18.7 Å². The highest BCUT2D eigenvalue weighted by atomic mass is 16.4. The number of carboxylic acid groups (broad SMARTS) is 1. The quantitative estimate of drug-likeness (QED) is 0.755. The predicted octanol–water partition coefficient (Wildman–Crippen LogP) is 1.18. The standard InChI is InChI=1S/C11H19N3O3/c1-8(2)13-10(17)14(7-5-6-12)11(3,4)9(15)16/h8H,5,7H2,1-4H3,(H,13,17)(H,15,16). The molecular formula is C11H19N3O3. The van der Waals surface area contributed by atoms with Gasteiger partial charge in [-0.25, -0.2) is 9.59 Å². The zero-order valence-electron chi connectivity index (χ0n) is 10.6. The van der Waals surface area contributed by atoms with Crippen molar-refractivity contribution in [1.29, 1.82) is 5.26 Å². The second kappa shape index (κ2) is 6.09. The lowest BCUT2D eigenvalue weighted by molar-refractivity contribution is -0.147. The first-order chi connectivity index (χ1) is 7.73. The number of carbonyl (C=O) groups excluding carboxylic acids is 1. The number of nitriles is 1. The van der Waals surface area contributed by atoms with Gasteiger partial charge in [0.25, 0.3) is 0 Å². The summed E-state index contributed by atoms with van der Waals surface area (Å²) in [7, 11) is 0. The van der Waals surface area contributed by atoms with E-state index in [1.54, 1.807) is 13.8 Å². The van der Waals surface area contributed by atoms with Crippen LogP contribution in [0.4, 0.5) is 4.79 Å². The molecule has 0 radical (unpaired) electrons. The molecule has 2 N–H and O–H groups in total. The van der Waals surface area contributed by atoms with Gasteiger partial charge in [0.2, 0.25) is 0 Å². The number of rotatable bonds is 5. The fourth-order valence-corrected chi connectivity index (χ4v) is 1.24. The van der Waals surface area contributed by atoms with E-state index in [2.05, 4.69) is 5.32 Å². The molecular weight excluding hydrogens is 222 g/mol. The van der Waals surface area contributed by atoms with Gasteiger partial charge in [0, 0.05) is 12.6 Å². The Balaban J connectivity index is 4.94. The molecule has 0 unspecified atom stereocenters. The molecule has 2 amide bonds. The minimum absolute atomic E-state index is 0.0864. The second-order valence-electron chi connectivity index (χ2n) is 4.53. The van der Waals surface area contributed by atoms with Gasteiger partial charge in [-0.2, -0.15) is 5.26 Å². The topological polar surface area (TPSA) is 93.4 Å². The van der Waals surface area contributed by atoms with E-state index >= 15 is 0 Å². The van der Waals surface area contributed by atoms with Crippen molar-refractivity contribution < 1.29 is 14.7 Å². The number of hydrogen-bond acceptors (Lipinski definition) is 3. The smallest absolute Gasteiger partial charge is 0.329 e. The normalized spacial score (nSPS) is 10.8. The van der Waals surface area contributed by atoms with Crippen LogP contribution in [0.1, 0.15) is 34.1 Å². The van der Waals surface area contributed by atoms with Gasteiger partial charge in [-0.05, 0) is 27.7 Å². The minimum Gasteiger partial charge on any atom is -0.480 e. The molecule has 6 heteroatoms.